The van der Waals surface area contributed by atoms with Gasteiger partial charge in [-0.3, -0.25) is 24.5 Å². The minimum atomic E-state index is -1.11. The first-order chi connectivity index (χ1) is 16.6. The number of carbonyl (C=O) groups is 2. The summed E-state index contributed by atoms with van der Waals surface area (Å²) in [6.07, 6.45) is 13.7. The third-order valence-electron chi connectivity index (χ3n) is 7.08. The third-order valence-corrected chi connectivity index (χ3v) is 7.08. The fraction of sp³-hybridized carbons (Fsp3) is 0.286. The van der Waals surface area contributed by atoms with Crippen LogP contribution in [0, 0.1) is 0 Å². The highest BCUT2D eigenvalue weighted by Crippen LogP contribution is 2.47. The number of rotatable bonds is 5. The number of allylic oxidation sites excluding steroid dienone is 1. The molecule has 1 saturated heterocycles. The van der Waals surface area contributed by atoms with Crippen LogP contribution in [0.3, 0.4) is 0 Å². The van der Waals surface area contributed by atoms with Gasteiger partial charge in [-0.2, -0.15) is 0 Å². The molecule has 0 N–H and O–H groups in total. The van der Waals surface area contributed by atoms with E-state index in [-0.39, 0.29) is 17.7 Å². The largest absolute Gasteiger partial charge is 0.339 e. The van der Waals surface area contributed by atoms with Gasteiger partial charge in [-0.05, 0) is 48.2 Å². The second kappa shape index (κ2) is 9.21. The van der Waals surface area contributed by atoms with Crippen molar-refractivity contribution < 1.29 is 9.59 Å². The fourth-order valence-corrected chi connectivity index (χ4v) is 5.40. The van der Waals surface area contributed by atoms with Crippen molar-refractivity contribution in [3.05, 3.63) is 108 Å². The molecule has 3 heterocycles. The van der Waals surface area contributed by atoms with Crippen LogP contribution in [-0.2, 0) is 10.3 Å². The van der Waals surface area contributed by atoms with Crippen molar-refractivity contribution in [1.29, 1.82) is 0 Å². The summed E-state index contributed by atoms with van der Waals surface area (Å²) in [6.45, 7) is 0. The summed E-state index contributed by atoms with van der Waals surface area (Å²) in [5.41, 5.74) is 1.13. The van der Waals surface area contributed by atoms with Crippen molar-refractivity contribution >= 4 is 11.7 Å². The van der Waals surface area contributed by atoms with Crippen LogP contribution < -0.4 is 0 Å². The van der Waals surface area contributed by atoms with Gasteiger partial charge < -0.3 is 4.90 Å². The van der Waals surface area contributed by atoms with Crippen LogP contribution in [0.1, 0.15) is 53.6 Å². The Balaban J connectivity index is 1.71. The molecule has 2 aliphatic rings. The van der Waals surface area contributed by atoms with Gasteiger partial charge in [0.15, 0.2) is 11.3 Å². The molecule has 1 aliphatic heterocycles. The molecule has 1 aliphatic carbocycles. The van der Waals surface area contributed by atoms with Gasteiger partial charge in [0.2, 0.25) is 0 Å². The lowest BCUT2D eigenvalue weighted by Gasteiger charge is -2.35. The Hall–Kier alpha value is -3.80. The molecule has 6 nitrogen and oxygen atoms in total. The number of aromatic nitrogens is 2. The quantitative estimate of drug-likeness (QED) is 0.420. The Morgan fingerprint density at radius 3 is 2.00 bits per heavy atom. The van der Waals surface area contributed by atoms with Crippen molar-refractivity contribution in [3.63, 3.8) is 0 Å². The van der Waals surface area contributed by atoms with Crippen LogP contribution in [0.15, 0.2) is 91.3 Å². The predicted molar refractivity (Wildman–Crippen MR) is 130 cm³/mol. The van der Waals surface area contributed by atoms with E-state index in [0.29, 0.717) is 11.4 Å². The van der Waals surface area contributed by atoms with E-state index in [2.05, 4.69) is 9.97 Å². The van der Waals surface area contributed by atoms with Crippen LogP contribution in [0.25, 0.3) is 0 Å². The SMILES string of the molecule is CN1C(=CC(=O)c2ccccc2)N(C2CCCCC2)C(=O)C1(c1ccncc1)c1ccncc1. The first-order valence-electron chi connectivity index (χ1n) is 11.8. The monoisotopic (exact) mass is 452 g/mol. The number of hydrogen-bond acceptors (Lipinski definition) is 5. The minimum absolute atomic E-state index is 0.0357. The molecule has 5 rings (SSSR count). The zero-order chi connectivity index (χ0) is 23.5. The molecule has 172 valence electrons. The zero-order valence-electron chi connectivity index (χ0n) is 19.3. The molecule has 0 unspecified atom stereocenters. The molecule has 2 fully saturated rings. The van der Waals surface area contributed by atoms with Crippen LogP contribution >= 0.6 is 0 Å². The first kappa shape index (κ1) is 22.0. The summed E-state index contributed by atoms with van der Waals surface area (Å²) in [4.78, 5) is 40.1. The fourth-order valence-electron chi connectivity index (χ4n) is 5.40. The second-order valence-corrected chi connectivity index (χ2v) is 8.94. The number of benzene rings is 1. The van der Waals surface area contributed by atoms with Crippen LogP contribution in [0.2, 0.25) is 0 Å². The van der Waals surface area contributed by atoms with Gasteiger partial charge >= 0.3 is 0 Å². The Bertz CT molecular complexity index is 1150. The van der Waals surface area contributed by atoms with Crippen LogP contribution in [0.4, 0.5) is 0 Å². The molecule has 1 amide bonds. The van der Waals surface area contributed by atoms with E-state index in [0.717, 1.165) is 36.8 Å². The zero-order valence-corrected chi connectivity index (χ0v) is 19.3. The molecule has 0 radical (unpaired) electrons. The maximum absolute atomic E-state index is 14.6. The molecule has 0 atom stereocenters. The van der Waals surface area contributed by atoms with Crippen LogP contribution in [0.5, 0.6) is 0 Å². The molecule has 2 aromatic heterocycles. The van der Waals surface area contributed by atoms with Gasteiger partial charge in [-0.25, -0.2) is 0 Å². The highest BCUT2D eigenvalue weighted by atomic mass is 16.2. The summed E-state index contributed by atoms with van der Waals surface area (Å²) in [5, 5.41) is 0. The number of ketones is 1. The molecule has 0 spiro atoms. The number of amides is 1. The standard InChI is InChI=1S/C28H28N4O2/c1-31-26(20-25(33)21-8-4-2-5-9-21)32(24-10-6-3-7-11-24)27(34)28(31,22-12-16-29-17-13-22)23-14-18-30-19-15-23/h2,4-5,8-9,12-20,24H,3,6-7,10-11H2,1H3. The highest BCUT2D eigenvalue weighted by Gasteiger charge is 2.57. The Morgan fingerprint density at radius 2 is 1.44 bits per heavy atom. The number of pyridine rings is 2. The molecule has 0 bridgehead atoms. The predicted octanol–water partition coefficient (Wildman–Crippen LogP) is 4.55. The minimum Gasteiger partial charge on any atom is -0.339 e. The van der Waals surface area contributed by atoms with Gasteiger partial charge in [0.1, 0.15) is 5.82 Å². The van der Waals surface area contributed by atoms with E-state index in [1.165, 1.54) is 6.42 Å². The van der Waals surface area contributed by atoms with Gasteiger partial charge in [-0.15, -0.1) is 0 Å². The number of nitrogens with zero attached hydrogens (tertiary/aromatic N) is 4. The summed E-state index contributed by atoms with van der Waals surface area (Å²) in [7, 11) is 1.91. The highest BCUT2D eigenvalue weighted by molar-refractivity contribution is 6.06. The lowest BCUT2D eigenvalue weighted by molar-refractivity contribution is -0.134. The lowest BCUT2D eigenvalue weighted by atomic mass is 9.82. The Morgan fingerprint density at radius 1 is 0.882 bits per heavy atom. The Kier molecular flexibility index (Phi) is 5.97. The molecular weight excluding hydrogens is 424 g/mol. The van der Waals surface area contributed by atoms with Crippen LogP contribution in [-0.4, -0.2) is 44.5 Å². The number of likely N-dealkylation sites (N-methyl/N-ethyl adjacent to an activating group) is 1. The van der Waals surface area contributed by atoms with Crippen molar-refractivity contribution in [1.82, 2.24) is 19.8 Å². The molecule has 1 saturated carbocycles. The summed E-state index contributed by atoms with van der Waals surface area (Å²) >= 11 is 0. The van der Waals surface area contributed by atoms with Crippen molar-refractivity contribution in [2.75, 3.05) is 7.05 Å². The molecule has 6 heteroatoms. The summed E-state index contributed by atoms with van der Waals surface area (Å²) in [5.74, 6) is 0.488. The van der Waals surface area contributed by atoms with Crippen molar-refractivity contribution in [3.8, 4) is 0 Å². The topological polar surface area (TPSA) is 66.4 Å². The van der Waals surface area contributed by atoms with E-state index in [4.69, 9.17) is 0 Å². The second-order valence-electron chi connectivity index (χ2n) is 8.94. The molecule has 3 aromatic rings. The van der Waals surface area contributed by atoms with E-state index in [1.807, 2.05) is 59.3 Å². The van der Waals surface area contributed by atoms with Gasteiger partial charge in [0, 0.05) is 49.5 Å². The average Bonchev–Trinajstić information content (AvgIpc) is 3.12. The van der Waals surface area contributed by atoms with E-state index >= 15 is 0 Å². The van der Waals surface area contributed by atoms with Gasteiger partial charge in [-0.1, -0.05) is 49.6 Å². The maximum atomic E-state index is 14.6. The Labute approximate surface area is 200 Å². The summed E-state index contributed by atoms with van der Waals surface area (Å²) < 4.78 is 0. The van der Waals surface area contributed by atoms with E-state index in [1.54, 1.807) is 43.0 Å². The van der Waals surface area contributed by atoms with Gasteiger partial charge in [0.05, 0.1) is 0 Å². The molecule has 1 aromatic carbocycles. The smallest absolute Gasteiger partial charge is 0.263 e. The van der Waals surface area contributed by atoms with Crippen molar-refractivity contribution in [2.45, 2.75) is 43.7 Å². The number of carbonyl (C=O) groups excluding carboxylic acids is 2. The normalized spacial score (nSPS) is 19.6. The summed E-state index contributed by atoms with van der Waals surface area (Å²) in [6, 6.07) is 16.8. The van der Waals surface area contributed by atoms with Crippen molar-refractivity contribution in [2.24, 2.45) is 0 Å². The van der Waals surface area contributed by atoms with Gasteiger partial charge in [0.25, 0.3) is 5.91 Å². The van der Waals surface area contributed by atoms with E-state index < -0.39 is 5.54 Å². The molecule has 34 heavy (non-hydrogen) atoms. The lowest BCUT2D eigenvalue weighted by Crippen LogP contribution is -2.47. The maximum Gasteiger partial charge on any atom is 0.263 e. The van der Waals surface area contributed by atoms with E-state index in [9.17, 15) is 9.59 Å². The first-order valence-corrected chi connectivity index (χ1v) is 11.8. The number of hydrogen-bond donors (Lipinski definition) is 0. The molecular formula is C28H28N4O2. The average molecular weight is 453 g/mol. The third kappa shape index (κ3) is 3.59.